The number of carbonyl (C=O) groups excluding carboxylic acids is 1. The van der Waals surface area contributed by atoms with Gasteiger partial charge >= 0.3 is 0 Å². The molecule has 0 bridgehead atoms. The molecule has 0 N–H and O–H groups in total. The molecule has 0 saturated heterocycles. The van der Waals surface area contributed by atoms with Crippen LogP contribution in [0.4, 0.5) is 0 Å². The number of nitrogens with zero attached hydrogens (tertiary/aromatic N) is 2. The predicted molar refractivity (Wildman–Crippen MR) is 132 cm³/mol. The fourth-order valence-corrected chi connectivity index (χ4v) is 3.92. The van der Waals surface area contributed by atoms with Gasteiger partial charge in [0, 0.05) is 41.0 Å². The van der Waals surface area contributed by atoms with Crippen LogP contribution in [0.3, 0.4) is 0 Å². The van der Waals surface area contributed by atoms with Crippen molar-refractivity contribution in [1.82, 2.24) is 10.1 Å². The summed E-state index contributed by atoms with van der Waals surface area (Å²) in [5, 5.41) is 5.20. The van der Waals surface area contributed by atoms with Crippen molar-refractivity contribution in [2.45, 2.75) is 33.1 Å². The van der Waals surface area contributed by atoms with Crippen LogP contribution in [0.2, 0.25) is 5.02 Å². The van der Waals surface area contributed by atoms with Gasteiger partial charge in [-0.1, -0.05) is 22.8 Å². The molecule has 0 unspecified atom stereocenters. The molecule has 4 rings (SSSR count). The SMILES string of the molecule is Cc1cc(CC(=O)Cc2ccc(Oc3ccnc4cc(OCCCCl)c(C)cc34)cc2Cl)no1. The number of pyridine rings is 1. The first kappa shape index (κ1) is 24.0. The van der Waals surface area contributed by atoms with E-state index in [9.17, 15) is 4.79 Å². The van der Waals surface area contributed by atoms with Gasteiger partial charge in [0.15, 0.2) is 0 Å². The molecule has 0 aliphatic heterocycles. The number of ether oxygens (including phenoxy) is 2. The summed E-state index contributed by atoms with van der Waals surface area (Å²) in [6.07, 6.45) is 2.87. The van der Waals surface area contributed by atoms with Gasteiger partial charge in [0.05, 0.1) is 24.2 Å². The van der Waals surface area contributed by atoms with Gasteiger partial charge in [-0.15, -0.1) is 11.6 Å². The van der Waals surface area contributed by atoms with E-state index in [-0.39, 0.29) is 18.6 Å². The first-order valence-electron chi connectivity index (χ1n) is 10.9. The van der Waals surface area contributed by atoms with E-state index in [1.54, 1.807) is 43.5 Å². The second kappa shape index (κ2) is 10.9. The quantitative estimate of drug-likeness (QED) is 0.180. The number of halogens is 2. The number of aromatic nitrogens is 2. The van der Waals surface area contributed by atoms with Crippen LogP contribution in [0.15, 0.2) is 53.2 Å². The molecule has 4 aromatic rings. The van der Waals surface area contributed by atoms with Gasteiger partial charge in [0.2, 0.25) is 0 Å². The van der Waals surface area contributed by atoms with Crippen molar-refractivity contribution in [3.8, 4) is 17.2 Å². The first-order chi connectivity index (χ1) is 16.4. The average molecular weight is 499 g/mol. The maximum atomic E-state index is 12.4. The highest BCUT2D eigenvalue weighted by Crippen LogP contribution is 2.34. The van der Waals surface area contributed by atoms with Crippen LogP contribution < -0.4 is 9.47 Å². The lowest BCUT2D eigenvalue weighted by Crippen LogP contribution is -2.07. The molecule has 0 aliphatic rings. The standard InChI is InChI=1S/C26H24Cl2N2O4/c1-16-10-22-24(15-26(16)32-9-3-7-27)29-8-6-25(22)33-21-5-4-18(23(28)14-21)12-20(31)13-19-11-17(2)34-30-19/h4-6,8,10-11,14-15H,3,7,9,12-13H2,1-2H3. The largest absolute Gasteiger partial charge is 0.493 e. The van der Waals surface area contributed by atoms with E-state index in [4.69, 9.17) is 37.2 Å². The van der Waals surface area contributed by atoms with Crippen molar-refractivity contribution >= 4 is 39.9 Å². The van der Waals surface area contributed by atoms with E-state index in [1.807, 2.05) is 19.1 Å². The first-order valence-corrected chi connectivity index (χ1v) is 11.8. The van der Waals surface area contributed by atoms with Crippen molar-refractivity contribution in [3.05, 3.63) is 76.3 Å². The van der Waals surface area contributed by atoms with Crippen molar-refractivity contribution in [1.29, 1.82) is 0 Å². The van der Waals surface area contributed by atoms with Gasteiger partial charge in [-0.25, -0.2) is 0 Å². The molecule has 6 nitrogen and oxygen atoms in total. The smallest absolute Gasteiger partial charge is 0.143 e. The Labute approximate surface area is 207 Å². The summed E-state index contributed by atoms with van der Waals surface area (Å²) in [5.41, 5.74) is 3.09. The fraction of sp³-hybridized carbons (Fsp3) is 0.269. The van der Waals surface area contributed by atoms with Gasteiger partial charge in [0.1, 0.15) is 28.8 Å². The van der Waals surface area contributed by atoms with Crippen molar-refractivity contribution in [2.75, 3.05) is 12.5 Å². The highest BCUT2D eigenvalue weighted by atomic mass is 35.5. The molecule has 34 heavy (non-hydrogen) atoms. The van der Waals surface area contributed by atoms with Gasteiger partial charge in [0.25, 0.3) is 0 Å². The topological polar surface area (TPSA) is 74.5 Å². The zero-order valence-corrected chi connectivity index (χ0v) is 20.4. The Balaban J connectivity index is 1.49. The van der Waals surface area contributed by atoms with Gasteiger partial charge in [-0.05, 0) is 55.7 Å². The second-order valence-corrected chi connectivity index (χ2v) is 8.80. The minimum absolute atomic E-state index is 0.00328. The summed E-state index contributed by atoms with van der Waals surface area (Å²) >= 11 is 12.2. The van der Waals surface area contributed by atoms with E-state index >= 15 is 0 Å². The normalized spacial score (nSPS) is 11.1. The number of hydrogen-bond donors (Lipinski definition) is 0. The summed E-state index contributed by atoms with van der Waals surface area (Å²) in [6.45, 7) is 4.33. The molecule has 0 atom stereocenters. The lowest BCUT2D eigenvalue weighted by molar-refractivity contribution is -0.117. The number of hydrogen-bond acceptors (Lipinski definition) is 6. The molecular weight excluding hydrogens is 475 g/mol. The van der Waals surface area contributed by atoms with Gasteiger partial charge in [-0.3, -0.25) is 9.78 Å². The number of Topliss-reactive ketones (excluding diaryl/α,β-unsaturated/α-hetero) is 1. The Bertz CT molecular complexity index is 1320. The maximum absolute atomic E-state index is 12.4. The van der Waals surface area contributed by atoms with Crippen LogP contribution in [0, 0.1) is 13.8 Å². The van der Waals surface area contributed by atoms with Crippen LogP contribution in [-0.4, -0.2) is 28.4 Å². The third kappa shape index (κ3) is 5.88. The van der Waals surface area contributed by atoms with Gasteiger partial charge in [-0.2, -0.15) is 0 Å². The summed E-state index contributed by atoms with van der Waals surface area (Å²) < 4.78 is 17.0. The molecule has 0 amide bonds. The van der Waals surface area contributed by atoms with Crippen LogP contribution >= 0.6 is 23.2 Å². The van der Waals surface area contributed by atoms with Crippen LogP contribution in [0.1, 0.15) is 29.0 Å². The summed E-state index contributed by atoms with van der Waals surface area (Å²) in [7, 11) is 0. The zero-order chi connectivity index (χ0) is 24.1. The lowest BCUT2D eigenvalue weighted by atomic mass is 10.1. The summed E-state index contributed by atoms with van der Waals surface area (Å²) in [5.74, 6) is 3.24. The molecule has 0 radical (unpaired) electrons. The number of alkyl halides is 1. The molecule has 0 aliphatic carbocycles. The predicted octanol–water partition coefficient (Wildman–Crippen LogP) is 6.65. The molecule has 2 heterocycles. The number of aryl methyl sites for hydroxylation is 2. The molecule has 2 aromatic heterocycles. The van der Waals surface area contributed by atoms with Crippen molar-refractivity contribution < 1.29 is 18.8 Å². The monoisotopic (exact) mass is 498 g/mol. The molecule has 0 saturated carbocycles. The van der Waals surface area contributed by atoms with Gasteiger partial charge < -0.3 is 14.0 Å². The minimum Gasteiger partial charge on any atom is -0.493 e. The number of benzene rings is 2. The van der Waals surface area contributed by atoms with Crippen molar-refractivity contribution in [3.63, 3.8) is 0 Å². The van der Waals surface area contributed by atoms with E-state index < -0.39 is 0 Å². The molecule has 8 heteroatoms. The van der Waals surface area contributed by atoms with Crippen LogP contribution in [0.25, 0.3) is 10.9 Å². The minimum atomic E-state index is 0.00328. The number of fused-ring (bicyclic) bond motifs is 1. The number of rotatable bonds is 10. The number of carbonyl (C=O) groups is 1. The highest BCUT2D eigenvalue weighted by molar-refractivity contribution is 6.31. The van der Waals surface area contributed by atoms with E-state index in [2.05, 4.69) is 10.1 Å². The Morgan fingerprint density at radius 3 is 2.65 bits per heavy atom. The molecule has 176 valence electrons. The third-order valence-corrected chi connectivity index (χ3v) is 5.85. The third-order valence-electron chi connectivity index (χ3n) is 5.23. The Kier molecular flexibility index (Phi) is 7.70. The van der Waals surface area contributed by atoms with E-state index in [0.29, 0.717) is 40.5 Å². The molecular formula is C26H24Cl2N2O4. The lowest BCUT2D eigenvalue weighted by Gasteiger charge is -2.13. The van der Waals surface area contributed by atoms with Crippen LogP contribution in [0.5, 0.6) is 17.2 Å². The molecule has 0 fully saturated rings. The molecule has 2 aromatic carbocycles. The van der Waals surface area contributed by atoms with E-state index in [0.717, 1.165) is 34.2 Å². The second-order valence-electron chi connectivity index (χ2n) is 8.01. The zero-order valence-electron chi connectivity index (χ0n) is 18.9. The van der Waals surface area contributed by atoms with Crippen molar-refractivity contribution in [2.24, 2.45) is 0 Å². The average Bonchev–Trinajstić information content (AvgIpc) is 3.21. The fourth-order valence-electron chi connectivity index (χ4n) is 3.58. The number of ketones is 1. The summed E-state index contributed by atoms with van der Waals surface area (Å²) in [6, 6.07) is 12.8. The highest BCUT2D eigenvalue weighted by Gasteiger charge is 2.13. The molecule has 0 spiro atoms. The Hall–Kier alpha value is -3.09. The van der Waals surface area contributed by atoms with E-state index in [1.165, 1.54) is 0 Å². The Morgan fingerprint density at radius 2 is 1.91 bits per heavy atom. The maximum Gasteiger partial charge on any atom is 0.143 e. The summed E-state index contributed by atoms with van der Waals surface area (Å²) in [4.78, 5) is 16.9. The van der Waals surface area contributed by atoms with Crippen LogP contribution in [-0.2, 0) is 17.6 Å². The Morgan fingerprint density at radius 1 is 1.06 bits per heavy atom.